The number of thiophene rings is 1. The summed E-state index contributed by atoms with van der Waals surface area (Å²) in [5.74, 6) is 0.473. The van der Waals surface area contributed by atoms with Crippen LogP contribution in [0.15, 0.2) is 23.7 Å². The number of amides is 1. The largest absolute Gasteiger partial charge is 0.368 e. The third-order valence-electron chi connectivity index (χ3n) is 3.73. The van der Waals surface area contributed by atoms with E-state index in [1.807, 2.05) is 19.0 Å². The number of hydrogen-bond acceptors (Lipinski definition) is 7. The van der Waals surface area contributed by atoms with Gasteiger partial charge in [-0.3, -0.25) is 4.79 Å². The number of anilines is 1. The number of rotatable bonds is 3. The Morgan fingerprint density at radius 3 is 3.08 bits per heavy atom. The monoisotopic (exact) mass is 343 g/mol. The summed E-state index contributed by atoms with van der Waals surface area (Å²) in [4.78, 5) is 25.4. The van der Waals surface area contributed by atoms with Crippen LogP contribution < -0.4 is 4.90 Å². The fourth-order valence-corrected chi connectivity index (χ4v) is 3.29. The van der Waals surface area contributed by atoms with E-state index in [0.29, 0.717) is 36.1 Å². The first kappa shape index (κ1) is 16.4. The summed E-state index contributed by atoms with van der Waals surface area (Å²) < 4.78 is 5.79. The molecule has 1 atom stereocenters. The predicted molar refractivity (Wildman–Crippen MR) is 90.0 cm³/mol. The molecule has 1 aliphatic heterocycles. The highest BCUT2D eigenvalue weighted by atomic mass is 32.1. The van der Waals surface area contributed by atoms with Gasteiger partial charge in [-0.25, -0.2) is 9.97 Å². The van der Waals surface area contributed by atoms with Gasteiger partial charge in [-0.05, 0) is 17.5 Å². The minimum atomic E-state index is -0.296. The van der Waals surface area contributed by atoms with Crippen LogP contribution >= 0.6 is 11.3 Å². The quantitative estimate of drug-likeness (QED) is 0.843. The summed E-state index contributed by atoms with van der Waals surface area (Å²) in [5.41, 5.74) is 1.17. The van der Waals surface area contributed by atoms with Gasteiger partial charge in [0.25, 0.3) is 5.91 Å². The van der Waals surface area contributed by atoms with E-state index in [1.165, 1.54) is 11.3 Å². The molecule has 0 aromatic carbocycles. The minimum Gasteiger partial charge on any atom is -0.368 e. The lowest BCUT2D eigenvalue weighted by molar-refractivity contribution is -0.0245. The second-order valence-electron chi connectivity index (χ2n) is 5.56. The second-order valence-corrected chi connectivity index (χ2v) is 6.48. The molecule has 24 heavy (non-hydrogen) atoms. The van der Waals surface area contributed by atoms with Crippen LogP contribution in [-0.2, 0) is 4.74 Å². The molecule has 1 saturated heterocycles. The van der Waals surface area contributed by atoms with Gasteiger partial charge >= 0.3 is 0 Å². The Bertz CT molecular complexity index is 783. The lowest BCUT2D eigenvalue weighted by atomic mass is 10.2. The molecule has 3 heterocycles. The molecule has 1 aliphatic rings. The third-order valence-corrected chi connectivity index (χ3v) is 4.63. The lowest BCUT2D eigenvalue weighted by Crippen LogP contribution is -2.42. The molecule has 1 fully saturated rings. The van der Waals surface area contributed by atoms with Gasteiger partial charge in [-0.1, -0.05) is 0 Å². The van der Waals surface area contributed by atoms with Crippen molar-refractivity contribution < 1.29 is 9.53 Å². The number of aromatic nitrogens is 2. The average molecular weight is 343 g/mol. The molecule has 0 N–H and O–H groups in total. The van der Waals surface area contributed by atoms with Crippen LogP contribution in [0.5, 0.6) is 0 Å². The van der Waals surface area contributed by atoms with Crippen LogP contribution in [0.1, 0.15) is 27.0 Å². The molecule has 8 heteroatoms. The van der Waals surface area contributed by atoms with Gasteiger partial charge in [0, 0.05) is 26.8 Å². The number of hydrogen-bond donors (Lipinski definition) is 0. The van der Waals surface area contributed by atoms with E-state index < -0.39 is 0 Å². The molecule has 2 aromatic rings. The molecule has 1 unspecified atom stereocenters. The number of carbonyl (C=O) groups is 1. The van der Waals surface area contributed by atoms with Crippen molar-refractivity contribution in [3.05, 3.63) is 39.8 Å². The first-order chi connectivity index (χ1) is 11.6. The lowest BCUT2D eigenvalue weighted by Gasteiger charge is -2.32. The summed E-state index contributed by atoms with van der Waals surface area (Å²) in [5, 5.41) is 10.9. The molecule has 1 amide bonds. The van der Waals surface area contributed by atoms with E-state index in [0.717, 1.165) is 5.69 Å². The van der Waals surface area contributed by atoms with Crippen LogP contribution in [0.4, 0.5) is 5.95 Å². The molecule has 0 radical (unpaired) electrons. The molecular formula is C16H17N5O2S. The maximum absolute atomic E-state index is 12.7. The Morgan fingerprint density at radius 2 is 2.33 bits per heavy atom. The standard InChI is InChI=1S/C16H17N5O2S/c1-20(2)16-18-5-3-12(19-16)13-10-21(6-7-23-13)15(22)14-11(9-17)4-8-24-14/h3-5,8,13H,6-7,10H2,1-2H3. The topological polar surface area (TPSA) is 82.4 Å². The van der Waals surface area contributed by atoms with Crippen LogP contribution in [0.25, 0.3) is 0 Å². The van der Waals surface area contributed by atoms with Crippen LogP contribution in [0.2, 0.25) is 0 Å². The fourth-order valence-electron chi connectivity index (χ4n) is 2.48. The van der Waals surface area contributed by atoms with Crippen LogP contribution in [-0.4, -0.2) is 54.6 Å². The van der Waals surface area contributed by atoms with Crippen molar-refractivity contribution in [3.63, 3.8) is 0 Å². The maximum Gasteiger partial charge on any atom is 0.265 e. The molecule has 0 saturated carbocycles. The van der Waals surface area contributed by atoms with E-state index in [-0.39, 0.29) is 12.0 Å². The highest BCUT2D eigenvalue weighted by molar-refractivity contribution is 7.12. The zero-order valence-corrected chi connectivity index (χ0v) is 14.3. The van der Waals surface area contributed by atoms with Crippen molar-refractivity contribution in [1.82, 2.24) is 14.9 Å². The number of ether oxygens (including phenoxy) is 1. The molecular weight excluding hydrogens is 326 g/mol. The summed E-state index contributed by atoms with van der Waals surface area (Å²) in [6, 6.07) is 5.54. The summed E-state index contributed by atoms with van der Waals surface area (Å²) in [7, 11) is 3.74. The molecule has 7 nitrogen and oxygen atoms in total. The van der Waals surface area contributed by atoms with E-state index in [1.54, 1.807) is 28.6 Å². The molecule has 3 rings (SSSR count). The summed E-state index contributed by atoms with van der Waals surface area (Å²) >= 11 is 1.29. The zero-order chi connectivity index (χ0) is 17.1. The highest BCUT2D eigenvalue weighted by Crippen LogP contribution is 2.25. The SMILES string of the molecule is CN(C)c1nccc(C2CN(C(=O)c3sccc3C#N)CCO2)n1. The Hall–Kier alpha value is -2.50. The first-order valence-corrected chi connectivity index (χ1v) is 8.37. The molecule has 2 aromatic heterocycles. The van der Waals surface area contributed by atoms with Crippen molar-refractivity contribution in [2.75, 3.05) is 38.7 Å². The van der Waals surface area contributed by atoms with Gasteiger partial charge in [0.05, 0.1) is 24.4 Å². The van der Waals surface area contributed by atoms with Gasteiger partial charge < -0.3 is 14.5 Å². The van der Waals surface area contributed by atoms with Crippen molar-refractivity contribution in [2.24, 2.45) is 0 Å². The second kappa shape index (κ2) is 6.95. The van der Waals surface area contributed by atoms with E-state index in [9.17, 15) is 4.79 Å². The van der Waals surface area contributed by atoms with Crippen molar-refractivity contribution >= 4 is 23.2 Å². The minimum absolute atomic E-state index is 0.128. The van der Waals surface area contributed by atoms with Crippen LogP contribution in [0, 0.1) is 11.3 Å². The van der Waals surface area contributed by atoms with Crippen LogP contribution in [0.3, 0.4) is 0 Å². The van der Waals surface area contributed by atoms with E-state index >= 15 is 0 Å². The van der Waals surface area contributed by atoms with Crippen molar-refractivity contribution in [1.29, 1.82) is 5.26 Å². The first-order valence-electron chi connectivity index (χ1n) is 7.49. The Labute approximate surface area is 144 Å². The fraction of sp³-hybridized carbons (Fsp3) is 0.375. The van der Waals surface area contributed by atoms with Gasteiger partial charge in [0.1, 0.15) is 17.1 Å². The third kappa shape index (κ3) is 3.22. The number of carbonyl (C=O) groups excluding carboxylic acids is 1. The van der Waals surface area contributed by atoms with Crippen molar-refractivity contribution in [3.8, 4) is 6.07 Å². The number of nitriles is 1. The molecule has 0 aliphatic carbocycles. The Morgan fingerprint density at radius 1 is 1.50 bits per heavy atom. The van der Waals surface area contributed by atoms with E-state index in [4.69, 9.17) is 10.00 Å². The maximum atomic E-state index is 12.7. The molecule has 124 valence electrons. The van der Waals surface area contributed by atoms with E-state index in [2.05, 4.69) is 16.0 Å². The predicted octanol–water partition coefficient (Wildman–Crippen LogP) is 1.69. The zero-order valence-electron chi connectivity index (χ0n) is 13.5. The highest BCUT2D eigenvalue weighted by Gasteiger charge is 2.29. The Kier molecular flexibility index (Phi) is 4.74. The normalized spacial score (nSPS) is 17.4. The summed E-state index contributed by atoms with van der Waals surface area (Å²) in [6.07, 6.45) is 1.39. The summed E-state index contributed by atoms with van der Waals surface area (Å²) in [6.45, 7) is 1.35. The smallest absolute Gasteiger partial charge is 0.265 e. The molecule has 0 bridgehead atoms. The van der Waals surface area contributed by atoms with Gasteiger partial charge in [0.15, 0.2) is 0 Å². The molecule has 0 spiro atoms. The average Bonchev–Trinajstić information content (AvgIpc) is 3.10. The number of morpholine rings is 1. The van der Waals surface area contributed by atoms with Gasteiger partial charge in [-0.15, -0.1) is 11.3 Å². The Balaban J connectivity index is 1.78. The number of nitrogens with zero attached hydrogens (tertiary/aromatic N) is 5. The van der Waals surface area contributed by atoms with Gasteiger partial charge in [0.2, 0.25) is 5.95 Å². The van der Waals surface area contributed by atoms with Crippen molar-refractivity contribution in [2.45, 2.75) is 6.10 Å². The van der Waals surface area contributed by atoms with Gasteiger partial charge in [-0.2, -0.15) is 5.26 Å².